The maximum atomic E-state index is 14.8. The predicted octanol–water partition coefficient (Wildman–Crippen LogP) is 3.83. The molecule has 3 aliphatic heterocycles. The van der Waals surface area contributed by atoms with Gasteiger partial charge in [0.05, 0.1) is 30.1 Å². The van der Waals surface area contributed by atoms with Crippen LogP contribution in [0.15, 0.2) is 66.7 Å². The van der Waals surface area contributed by atoms with Gasteiger partial charge in [0.1, 0.15) is 29.2 Å². The van der Waals surface area contributed by atoms with Crippen molar-refractivity contribution in [1.82, 2.24) is 24.8 Å². The summed E-state index contributed by atoms with van der Waals surface area (Å²) < 4.78 is 40.4. The lowest BCUT2D eigenvalue weighted by atomic mass is 9.94. The zero-order valence-electron chi connectivity index (χ0n) is 32.8. The minimum atomic E-state index is -3.89. The predicted molar refractivity (Wildman–Crippen MR) is 217 cm³/mol. The first-order valence-electron chi connectivity index (χ1n) is 20.5. The van der Waals surface area contributed by atoms with E-state index in [-0.39, 0.29) is 43.7 Å². The molecule has 2 aromatic carbocycles. The Hall–Kier alpha value is -5.02. The number of nitrogens with one attached hydrogen (secondary N) is 2. The van der Waals surface area contributed by atoms with Gasteiger partial charge in [0.15, 0.2) is 0 Å². The monoisotopic (exact) mass is 812 g/mol. The van der Waals surface area contributed by atoms with Gasteiger partial charge in [-0.1, -0.05) is 55.3 Å². The number of carbonyl (C=O) groups is 4. The van der Waals surface area contributed by atoms with Crippen LogP contribution >= 0.6 is 0 Å². The van der Waals surface area contributed by atoms with Gasteiger partial charge < -0.3 is 30.3 Å². The second kappa shape index (κ2) is 16.3. The lowest BCUT2D eigenvalue weighted by Crippen LogP contribution is -2.57. The minimum Gasteiger partial charge on any atom is -0.497 e. The van der Waals surface area contributed by atoms with E-state index >= 15 is 0 Å². The van der Waals surface area contributed by atoms with E-state index in [2.05, 4.69) is 10.0 Å². The normalized spacial score (nSPS) is 28.4. The highest BCUT2D eigenvalue weighted by Crippen LogP contribution is 2.46. The average Bonchev–Trinajstić information content (AvgIpc) is 4.11. The van der Waals surface area contributed by atoms with Crippen LogP contribution in [0.3, 0.4) is 0 Å². The SMILES string of the molecule is COc1ccc2c(O[C@@H]3C[C@H]4C(=O)N[C@]5(C(=O)NS(=O)(=O)C6CC6)C[C@H]5/C=C\CCCCC[C@H](CC(=O)N5CC[C@@H](N)C5)C(=O)N4C3)cc(-c3ccccc3)nc2c1. The van der Waals surface area contributed by atoms with Crippen molar-refractivity contribution in [2.24, 2.45) is 17.6 Å². The number of methoxy groups -OCH3 is 1. The molecule has 0 spiro atoms. The number of rotatable bonds is 9. The van der Waals surface area contributed by atoms with Crippen LogP contribution in [0.2, 0.25) is 0 Å². The van der Waals surface area contributed by atoms with Gasteiger partial charge in [-0.2, -0.15) is 0 Å². The van der Waals surface area contributed by atoms with E-state index in [0.717, 1.165) is 24.8 Å². The van der Waals surface area contributed by atoms with E-state index in [4.69, 9.17) is 20.2 Å². The van der Waals surface area contributed by atoms with E-state index in [1.165, 1.54) is 4.90 Å². The van der Waals surface area contributed by atoms with Gasteiger partial charge >= 0.3 is 0 Å². The zero-order valence-corrected chi connectivity index (χ0v) is 33.6. The van der Waals surface area contributed by atoms with Crippen molar-refractivity contribution in [2.45, 2.75) is 99.6 Å². The summed E-state index contributed by atoms with van der Waals surface area (Å²) in [6.45, 7) is 1.03. The van der Waals surface area contributed by atoms with Gasteiger partial charge in [-0.05, 0) is 57.1 Å². The molecule has 1 aromatic heterocycles. The Kier molecular flexibility index (Phi) is 11.2. The third-order valence-corrected chi connectivity index (χ3v) is 14.1. The summed E-state index contributed by atoms with van der Waals surface area (Å²) in [4.78, 5) is 65.0. The molecule has 2 saturated carbocycles. The molecule has 4 heterocycles. The van der Waals surface area contributed by atoms with E-state index in [0.29, 0.717) is 73.3 Å². The summed E-state index contributed by atoms with van der Waals surface area (Å²) >= 11 is 0. The molecule has 2 saturated heterocycles. The van der Waals surface area contributed by atoms with Crippen LogP contribution in [0.5, 0.6) is 11.5 Å². The second-order valence-corrected chi connectivity index (χ2v) is 18.5. The molecule has 15 heteroatoms. The van der Waals surface area contributed by atoms with Gasteiger partial charge in [0.2, 0.25) is 27.7 Å². The molecular formula is C43H52N6O8S. The Morgan fingerprint density at radius 3 is 2.57 bits per heavy atom. The zero-order chi connectivity index (χ0) is 40.6. The molecule has 308 valence electrons. The number of aromatic nitrogens is 1. The van der Waals surface area contributed by atoms with Crippen LogP contribution in [0, 0.1) is 11.8 Å². The summed E-state index contributed by atoms with van der Waals surface area (Å²) in [5, 5.41) is 3.04. The Morgan fingerprint density at radius 2 is 1.83 bits per heavy atom. The molecule has 4 N–H and O–H groups in total. The number of ether oxygens (including phenoxy) is 2. The van der Waals surface area contributed by atoms with Crippen LogP contribution in [-0.2, 0) is 29.2 Å². The summed E-state index contributed by atoms with van der Waals surface area (Å²) in [5.41, 5.74) is 6.82. The number of likely N-dealkylation sites (tertiary alicyclic amines) is 1. The first kappa shape index (κ1) is 39.8. The number of hydrogen-bond donors (Lipinski definition) is 3. The fourth-order valence-electron chi connectivity index (χ4n) is 8.67. The van der Waals surface area contributed by atoms with Gasteiger partial charge in [0, 0.05) is 66.9 Å². The molecule has 0 unspecified atom stereocenters. The smallest absolute Gasteiger partial charge is 0.259 e. The first-order valence-corrected chi connectivity index (χ1v) is 22.1. The Balaban J connectivity index is 1.12. The highest BCUT2D eigenvalue weighted by atomic mass is 32.2. The van der Waals surface area contributed by atoms with E-state index in [1.807, 2.05) is 66.7 Å². The van der Waals surface area contributed by atoms with Gasteiger partial charge in [0.25, 0.3) is 5.91 Å². The van der Waals surface area contributed by atoms with Gasteiger partial charge in [-0.3, -0.25) is 23.9 Å². The minimum absolute atomic E-state index is 0.00742. The third kappa shape index (κ3) is 8.42. The lowest BCUT2D eigenvalue weighted by molar-refractivity contribution is -0.145. The molecule has 8 rings (SSSR count). The molecule has 58 heavy (non-hydrogen) atoms. The number of fused-ring (bicyclic) bond motifs is 3. The summed E-state index contributed by atoms with van der Waals surface area (Å²) in [7, 11) is -2.31. The number of pyridine rings is 1. The average molecular weight is 813 g/mol. The molecule has 4 fully saturated rings. The summed E-state index contributed by atoms with van der Waals surface area (Å²) in [6.07, 6.45) is 8.75. The fourth-order valence-corrected chi connectivity index (χ4v) is 10.0. The molecule has 3 aromatic rings. The van der Waals surface area contributed by atoms with E-state index in [9.17, 15) is 27.6 Å². The van der Waals surface area contributed by atoms with Gasteiger partial charge in [-0.25, -0.2) is 13.4 Å². The molecule has 0 radical (unpaired) electrons. The van der Waals surface area contributed by atoms with Crippen molar-refractivity contribution in [3.63, 3.8) is 0 Å². The number of nitrogens with zero attached hydrogens (tertiary/aromatic N) is 3. The number of hydrogen-bond acceptors (Lipinski definition) is 10. The summed E-state index contributed by atoms with van der Waals surface area (Å²) in [6, 6.07) is 15.9. The molecule has 6 atom stereocenters. The van der Waals surface area contributed by atoms with Crippen LogP contribution < -0.4 is 25.2 Å². The van der Waals surface area contributed by atoms with E-state index < -0.39 is 56.6 Å². The third-order valence-electron chi connectivity index (χ3n) is 12.3. The maximum Gasteiger partial charge on any atom is 0.259 e. The number of amides is 4. The van der Waals surface area contributed by atoms with Crippen molar-refractivity contribution in [3.8, 4) is 22.8 Å². The van der Waals surface area contributed by atoms with Crippen molar-refractivity contribution in [1.29, 1.82) is 0 Å². The van der Waals surface area contributed by atoms with Crippen molar-refractivity contribution in [3.05, 3.63) is 66.7 Å². The lowest BCUT2D eigenvalue weighted by Gasteiger charge is -2.30. The molecule has 2 aliphatic carbocycles. The van der Waals surface area contributed by atoms with Crippen LogP contribution in [0.4, 0.5) is 0 Å². The fraction of sp³-hybridized carbons (Fsp3) is 0.512. The number of benzene rings is 2. The maximum absolute atomic E-state index is 14.8. The molecule has 4 amide bonds. The first-order chi connectivity index (χ1) is 27.9. The topological polar surface area (TPSA) is 190 Å². The highest BCUT2D eigenvalue weighted by molar-refractivity contribution is 7.91. The molecule has 5 aliphatic rings. The number of carbonyl (C=O) groups excluding carboxylic acids is 4. The van der Waals surface area contributed by atoms with Crippen LogP contribution in [0.1, 0.15) is 70.6 Å². The Labute approximate surface area is 338 Å². The van der Waals surface area contributed by atoms with Gasteiger partial charge in [-0.15, -0.1) is 0 Å². The Bertz CT molecular complexity index is 2210. The van der Waals surface area contributed by atoms with Crippen LogP contribution in [0.25, 0.3) is 22.2 Å². The second-order valence-electron chi connectivity index (χ2n) is 16.5. The molecular weight excluding hydrogens is 761 g/mol. The number of allylic oxidation sites excluding steroid dienone is 1. The summed E-state index contributed by atoms with van der Waals surface area (Å²) in [5.74, 6) is -1.78. The number of sulfonamides is 1. The molecule has 14 nitrogen and oxygen atoms in total. The highest BCUT2D eigenvalue weighted by Gasteiger charge is 2.62. The van der Waals surface area contributed by atoms with Crippen molar-refractivity contribution < 1.29 is 37.1 Å². The number of nitrogens with two attached hydrogens (primary N) is 1. The molecule has 0 bridgehead atoms. The Morgan fingerprint density at radius 1 is 1.02 bits per heavy atom. The van der Waals surface area contributed by atoms with E-state index in [1.54, 1.807) is 12.0 Å². The standard InChI is InChI=1S/C43H52N6O8S/c1-56-31-14-17-34-36(21-31)45-35(27-10-7-5-8-11-27)23-38(34)57-32-22-37-40(51)46-43(42(53)47-58(54,55)33-15-16-33)24-29(43)13-9-4-2-3-6-12-28(41(52)49(37)26-32)20-39(50)48-19-18-30(44)25-48/h5,7-11,13-14,17,21,23,28-30,32-33,37H,2-4,6,12,15-16,18-20,22,24-26,44H2,1H3,(H,46,51)(H,47,53)/b13-9-/t28-,29-,30-,32-,37+,43-/m1/s1. The largest absolute Gasteiger partial charge is 0.497 e. The van der Waals surface area contributed by atoms with Crippen molar-refractivity contribution >= 4 is 44.6 Å². The van der Waals surface area contributed by atoms with Crippen LogP contribution in [-0.4, -0.2) is 103 Å². The quantitative estimate of drug-likeness (QED) is 0.268. The van der Waals surface area contributed by atoms with Crippen molar-refractivity contribution in [2.75, 3.05) is 26.7 Å².